The van der Waals surface area contributed by atoms with Crippen LogP contribution < -0.4 is 10.6 Å². The first-order chi connectivity index (χ1) is 13.2. The van der Waals surface area contributed by atoms with Crippen LogP contribution in [0.4, 0.5) is 0 Å². The van der Waals surface area contributed by atoms with Crippen LogP contribution in [0.3, 0.4) is 0 Å². The number of aliphatic imine (C=N–C) groups is 1. The maximum Gasteiger partial charge on any atom is 0.253 e. The van der Waals surface area contributed by atoms with Gasteiger partial charge in [0, 0.05) is 52.3 Å². The molecule has 1 heterocycles. The van der Waals surface area contributed by atoms with E-state index in [-0.39, 0.29) is 41.4 Å². The fraction of sp³-hybridized carbons (Fsp3) is 0.636. The number of rotatable bonds is 5. The van der Waals surface area contributed by atoms with E-state index in [0.717, 1.165) is 31.1 Å². The van der Waals surface area contributed by atoms with Crippen LogP contribution in [0, 0.1) is 11.3 Å². The molecule has 0 aliphatic carbocycles. The molecule has 6 nitrogen and oxygen atoms in total. The van der Waals surface area contributed by atoms with Gasteiger partial charge < -0.3 is 20.3 Å². The molecule has 2 unspecified atom stereocenters. The molecule has 1 fully saturated rings. The number of hydrogen-bond donors (Lipinski definition) is 2. The molecular weight excluding hydrogens is 479 g/mol. The van der Waals surface area contributed by atoms with Gasteiger partial charge in [0.25, 0.3) is 5.91 Å². The number of halogens is 1. The summed E-state index contributed by atoms with van der Waals surface area (Å²) >= 11 is 0. The summed E-state index contributed by atoms with van der Waals surface area (Å²) in [7, 11) is 5.30. The van der Waals surface area contributed by atoms with Gasteiger partial charge >= 0.3 is 0 Å². The Morgan fingerprint density at radius 2 is 1.86 bits per heavy atom. The Balaban J connectivity index is 0.00000420. The number of guanidine groups is 1. The number of amides is 1. The molecule has 29 heavy (non-hydrogen) atoms. The van der Waals surface area contributed by atoms with E-state index in [1.54, 1.807) is 26.0 Å². The van der Waals surface area contributed by atoms with Gasteiger partial charge in [-0.15, -0.1) is 24.0 Å². The third kappa shape index (κ3) is 7.77. The maximum atomic E-state index is 12.0. The highest BCUT2D eigenvalue weighted by molar-refractivity contribution is 14.0. The van der Waals surface area contributed by atoms with Gasteiger partial charge in [-0.1, -0.05) is 32.9 Å². The van der Waals surface area contributed by atoms with Crippen LogP contribution in [0.15, 0.2) is 29.3 Å². The summed E-state index contributed by atoms with van der Waals surface area (Å²) in [6, 6.07) is 7.68. The Morgan fingerprint density at radius 1 is 1.21 bits per heavy atom. The van der Waals surface area contributed by atoms with Gasteiger partial charge in [0.05, 0.1) is 6.10 Å². The zero-order chi connectivity index (χ0) is 20.7. The average Bonchev–Trinajstić information content (AvgIpc) is 2.67. The summed E-state index contributed by atoms with van der Waals surface area (Å²) < 4.78 is 6.07. The number of carbonyl (C=O) groups excluding carboxylic acids is 1. The fourth-order valence-electron chi connectivity index (χ4n) is 3.67. The highest BCUT2D eigenvalue weighted by Gasteiger charge is 2.35. The highest BCUT2D eigenvalue weighted by Crippen LogP contribution is 2.33. The molecule has 1 saturated heterocycles. The van der Waals surface area contributed by atoms with Gasteiger partial charge in [-0.25, -0.2) is 0 Å². The molecule has 2 rings (SSSR count). The summed E-state index contributed by atoms with van der Waals surface area (Å²) in [5.74, 6) is 1.27. The molecule has 1 amide bonds. The van der Waals surface area contributed by atoms with Crippen molar-refractivity contribution in [3.05, 3.63) is 35.4 Å². The lowest BCUT2D eigenvalue weighted by Crippen LogP contribution is -2.47. The monoisotopic (exact) mass is 516 g/mol. The largest absolute Gasteiger partial charge is 0.377 e. The van der Waals surface area contributed by atoms with Crippen molar-refractivity contribution in [2.75, 3.05) is 34.3 Å². The molecule has 0 bridgehead atoms. The number of nitrogens with zero attached hydrogens (tertiary/aromatic N) is 2. The van der Waals surface area contributed by atoms with Crippen LogP contribution in [0.2, 0.25) is 0 Å². The summed E-state index contributed by atoms with van der Waals surface area (Å²) in [5.41, 5.74) is 1.93. The SMILES string of the molecule is CN=C(NCc1ccc(C(=O)N(C)C)cc1)NCC1CCCOC1C(C)(C)C.I. The summed E-state index contributed by atoms with van der Waals surface area (Å²) in [6.45, 7) is 9.09. The van der Waals surface area contributed by atoms with E-state index in [2.05, 4.69) is 36.4 Å². The van der Waals surface area contributed by atoms with Gasteiger partial charge in [0.1, 0.15) is 0 Å². The molecule has 0 radical (unpaired) electrons. The molecule has 7 heteroatoms. The molecule has 1 aliphatic heterocycles. The third-order valence-electron chi connectivity index (χ3n) is 5.12. The number of ether oxygens (including phenoxy) is 1. The van der Waals surface area contributed by atoms with E-state index in [4.69, 9.17) is 4.74 Å². The van der Waals surface area contributed by atoms with Crippen LogP contribution >= 0.6 is 24.0 Å². The smallest absolute Gasteiger partial charge is 0.253 e. The molecule has 1 aliphatic rings. The molecule has 0 aromatic heterocycles. The second kappa shape index (κ2) is 11.7. The van der Waals surface area contributed by atoms with Crippen molar-refractivity contribution in [1.82, 2.24) is 15.5 Å². The first-order valence-corrected chi connectivity index (χ1v) is 10.1. The molecule has 0 spiro atoms. The van der Waals surface area contributed by atoms with Crippen molar-refractivity contribution >= 4 is 35.8 Å². The van der Waals surface area contributed by atoms with Crippen LogP contribution in [0.25, 0.3) is 0 Å². The van der Waals surface area contributed by atoms with E-state index < -0.39 is 0 Å². The molecule has 164 valence electrons. The van der Waals surface area contributed by atoms with Crippen molar-refractivity contribution in [2.45, 2.75) is 46.3 Å². The topological polar surface area (TPSA) is 66.0 Å². The summed E-state index contributed by atoms with van der Waals surface area (Å²) in [4.78, 5) is 17.9. The predicted molar refractivity (Wildman–Crippen MR) is 130 cm³/mol. The summed E-state index contributed by atoms with van der Waals surface area (Å²) in [6.07, 6.45) is 2.55. The van der Waals surface area contributed by atoms with Crippen LogP contribution in [0.5, 0.6) is 0 Å². The fourth-order valence-corrected chi connectivity index (χ4v) is 3.67. The minimum Gasteiger partial charge on any atom is -0.377 e. The van der Waals surface area contributed by atoms with Crippen LogP contribution in [-0.4, -0.2) is 57.2 Å². The first kappa shape index (κ1) is 25.7. The standard InChI is InChI=1S/C22H36N4O2.HI/c1-22(2,3)19-18(8-7-13-28-19)15-25-21(23-4)24-14-16-9-11-17(12-10-16)20(27)26(5)6;/h9-12,18-19H,7-8,13-15H2,1-6H3,(H2,23,24,25);1H. The average molecular weight is 516 g/mol. The summed E-state index contributed by atoms with van der Waals surface area (Å²) in [5, 5.41) is 6.81. The van der Waals surface area contributed by atoms with Crippen molar-refractivity contribution in [1.29, 1.82) is 0 Å². The lowest BCUT2D eigenvalue weighted by Gasteiger charge is -2.40. The van der Waals surface area contributed by atoms with Gasteiger partial charge in [0.2, 0.25) is 0 Å². The highest BCUT2D eigenvalue weighted by atomic mass is 127. The molecular formula is C22H37IN4O2. The molecule has 1 aromatic rings. The Labute approximate surface area is 192 Å². The second-order valence-electron chi connectivity index (χ2n) is 8.76. The maximum absolute atomic E-state index is 12.0. The van der Waals surface area contributed by atoms with E-state index in [9.17, 15) is 4.79 Å². The number of carbonyl (C=O) groups is 1. The van der Waals surface area contributed by atoms with Crippen molar-refractivity contribution in [2.24, 2.45) is 16.3 Å². The normalized spacial score (nSPS) is 19.9. The van der Waals surface area contributed by atoms with Gasteiger partial charge in [-0.05, 0) is 36.0 Å². The van der Waals surface area contributed by atoms with Gasteiger partial charge in [-0.3, -0.25) is 9.79 Å². The quantitative estimate of drug-likeness (QED) is 0.357. The first-order valence-electron chi connectivity index (χ1n) is 10.1. The van der Waals surface area contributed by atoms with Crippen LogP contribution in [-0.2, 0) is 11.3 Å². The van der Waals surface area contributed by atoms with E-state index in [1.165, 1.54) is 6.42 Å². The Hall–Kier alpha value is -1.35. The zero-order valence-corrected chi connectivity index (χ0v) is 20.9. The molecule has 1 aromatic carbocycles. The molecule has 2 atom stereocenters. The van der Waals surface area contributed by atoms with Crippen molar-refractivity contribution in [3.8, 4) is 0 Å². The zero-order valence-electron chi connectivity index (χ0n) is 18.6. The number of benzene rings is 1. The minimum atomic E-state index is 0. The van der Waals surface area contributed by atoms with E-state index in [1.807, 2.05) is 24.3 Å². The van der Waals surface area contributed by atoms with Crippen LogP contribution in [0.1, 0.15) is 49.5 Å². The van der Waals surface area contributed by atoms with E-state index >= 15 is 0 Å². The van der Waals surface area contributed by atoms with E-state index in [0.29, 0.717) is 18.0 Å². The predicted octanol–water partition coefficient (Wildman–Crippen LogP) is 3.51. The van der Waals surface area contributed by atoms with Crippen molar-refractivity contribution in [3.63, 3.8) is 0 Å². The Bertz CT molecular complexity index is 668. The Morgan fingerprint density at radius 3 is 2.41 bits per heavy atom. The molecule has 2 N–H and O–H groups in total. The van der Waals surface area contributed by atoms with Gasteiger partial charge in [-0.2, -0.15) is 0 Å². The van der Waals surface area contributed by atoms with Gasteiger partial charge in [0.15, 0.2) is 5.96 Å². The lowest BCUT2D eigenvalue weighted by molar-refractivity contribution is -0.0835. The Kier molecular flexibility index (Phi) is 10.4. The van der Waals surface area contributed by atoms with Crippen molar-refractivity contribution < 1.29 is 9.53 Å². The number of hydrogen-bond acceptors (Lipinski definition) is 3. The third-order valence-corrected chi connectivity index (χ3v) is 5.12. The molecule has 0 saturated carbocycles. The second-order valence-corrected chi connectivity index (χ2v) is 8.76. The lowest BCUT2D eigenvalue weighted by atomic mass is 9.78. The number of nitrogens with one attached hydrogen (secondary N) is 2. The minimum absolute atomic E-state index is 0.